The minimum absolute atomic E-state index is 0.117. The van der Waals surface area contributed by atoms with Gasteiger partial charge in [0.15, 0.2) is 0 Å². The molecule has 0 saturated heterocycles. The molecular weight excluding hydrogens is 318 g/mol. The molecule has 3 rings (SSSR count). The molecule has 0 amide bonds. The zero-order valence-corrected chi connectivity index (χ0v) is 14.0. The number of benzene rings is 2. The Bertz CT molecular complexity index is 770. The van der Waals surface area contributed by atoms with E-state index in [9.17, 15) is 5.11 Å². The number of aliphatic hydroxyl groups is 1. The Balaban J connectivity index is 1.66. The van der Waals surface area contributed by atoms with Crippen LogP contribution in [-0.2, 0) is 6.54 Å². The van der Waals surface area contributed by atoms with E-state index in [1.54, 1.807) is 4.68 Å². The van der Waals surface area contributed by atoms with Crippen LogP contribution in [0.3, 0.4) is 0 Å². The molecule has 1 aromatic heterocycles. The Hall–Kier alpha value is -2.77. The van der Waals surface area contributed by atoms with Gasteiger partial charge in [-0.05, 0) is 46.7 Å². The molecule has 1 atom stereocenters. The normalized spacial score (nSPS) is 12.1. The van der Waals surface area contributed by atoms with Gasteiger partial charge in [0.1, 0.15) is 5.75 Å². The van der Waals surface area contributed by atoms with Gasteiger partial charge >= 0.3 is 6.01 Å². The SMILES string of the molecule is CC[C@@H](CO)NCc1ccc(Oc2nnnn2-c2ccccc2)cc1. The van der Waals surface area contributed by atoms with Gasteiger partial charge in [0, 0.05) is 12.6 Å². The van der Waals surface area contributed by atoms with Crippen molar-refractivity contribution in [1.82, 2.24) is 25.5 Å². The standard InChI is InChI=1S/C18H21N5O2/c1-2-15(13-24)19-12-14-8-10-17(11-9-14)25-18-20-21-22-23(18)16-6-4-3-5-7-16/h3-11,15,19,24H,2,12-13H2,1H3/t15-/m0/s1. The van der Waals surface area contributed by atoms with E-state index in [0.717, 1.165) is 17.7 Å². The summed E-state index contributed by atoms with van der Waals surface area (Å²) in [7, 11) is 0. The highest BCUT2D eigenvalue weighted by Crippen LogP contribution is 2.21. The van der Waals surface area contributed by atoms with Crippen LogP contribution in [0.15, 0.2) is 54.6 Å². The minimum atomic E-state index is 0.117. The van der Waals surface area contributed by atoms with E-state index in [1.165, 1.54) is 0 Å². The molecule has 25 heavy (non-hydrogen) atoms. The van der Waals surface area contributed by atoms with Crippen molar-refractivity contribution in [2.75, 3.05) is 6.61 Å². The smallest absolute Gasteiger partial charge is 0.345 e. The molecule has 0 bridgehead atoms. The molecule has 0 unspecified atom stereocenters. The zero-order chi connectivity index (χ0) is 17.5. The Morgan fingerprint density at radius 1 is 1.12 bits per heavy atom. The number of nitrogens with zero attached hydrogens (tertiary/aromatic N) is 4. The lowest BCUT2D eigenvalue weighted by atomic mass is 10.2. The molecule has 0 saturated carbocycles. The van der Waals surface area contributed by atoms with E-state index < -0.39 is 0 Å². The highest BCUT2D eigenvalue weighted by Gasteiger charge is 2.10. The lowest BCUT2D eigenvalue weighted by Gasteiger charge is -2.14. The molecule has 130 valence electrons. The molecule has 7 nitrogen and oxygen atoms in total. The number of ether oxygens (including phenoxy) is 1. The summed E-state index contributed by atoms with van der Waals surface area (Å²) >= 11 is 0. The second-order valence-electron chi connectivity index (χ2n) is 5.62. The van der Waals surface area contributed by atoms with Crippen LogP contribution in [0.2, 0.25) is 0 Å². The average molecular weight is 339 g/mol. The van der Waals surface area contributed by atoms with Crippen molar-refractivity contribution in [1.29, 1.82) is 0 Å². The molecule has 0 spiro atoms. The summed E-state index contributed by atoms with van der Waals surface area (Å²) in [5.41, 5.74) is 1.94. The van der Waals surface area contributed by atoms with Crippen LogP contribution in [-0.4, -0.2) is 38.0 Å². The fourth-order valence-electron chi connectivity index (χ4n) is 2.35. The second kappa shape index (κ2) is 8.36. The Kier molecular flexibility index (Phi) is 5.71. The van der Waals surface area contributed by atoms with Crippen molar-refractivity contribution in [3.63, 3.8) is 0 Å². The van der Waals surface area contributed by atoms with Crippen LogP contribution in [0.5, 0.6) is 11.8 Å². The van der Waals surface area contributed by atoms with Gasteiger partial charge in [-0.25, -0.2) is 0 Å². The molecule has 2 aromatic carbocycles. The van der Waals surface area contributed by atoms with E-state index in [-0.39, 0.29) is 12.6 Å². The van der Waals surface area contributed by atoms with Crippen LogP contribution < -0.4 is 10.1 Å². The zero-order valence-electron chi connectivity index (χ0n) is 14.0. The van der Waals surface area contributed by atoms with E-state index in [4.69, 9.17) is 4.74 Å². The highest BCUT2D eigenvalue weighted by molar-refractivity contribution is 5.34. The Morgan fingerprint density at radius 3 is 2.56 bits per heavy atom. The topological polar surface area (TPSA) is 85.1 Å². The molecule has 3 aromatic rings. The molecule has 1 heterocycles. The monoisotopic (exact) mass is 339 g/mol. The number of rotatable bonds is 8. The molecule has 0 fully saturated rings. The third-order valence-corrected chi connectivity index (χ3v) is 3.88. The maximum Gasteiger partial charge on any atom is 0.345 e. The van der Waals surface area contributed by atoms with Crippen LogP contribution in [0.4, 0.5) is 0 Å². The first-order valence-corrected chi connectivity index (χ1v) is 8.25. The van der Waals surface area contributed by atoms with E-state index in [1.807, 2.05) is 61.5 Å². The summed E-state index contributed by atoms with van der Waals surface area (Å²) in [5, 5.41) is 24.1. The summed E-state index contributed by atoms with van der Waals surface area (Å²) in [6, 6.07) is 17.7. The molecule has 0 aliphatic rings. The lowest BCUT2D eigenvalue weighted by molar-refractivity contribution is 0.238. The predicted molar refractivity (Wildman–Crippen MR) is 93.7 cm³/mol. The van der Waals surface area contributed by atoms with Crippen molar-refractivity contribution in [3.8, 4) is 17.4 Å². The summed E-state index contributed by atoms with van der Waals surface area (Å²) in [5.74, 6) is 0.657. The third kappa shape index (κ3) is 4.40. The number of aliphatic hydroxyl groups excluding tert-OH is 1. The van der Waals surface area contributed by atoms with Gasteiger partial charge in [-0.2, -0.15) is 4.68 Å². The first kappa shape index (κ1) is 17.1. The molecule has 0 aliphatic heterocycles. The second-order valence-corrected chi connectivity index (χ2v) is 5.62. The van der Waals surface area contributed by atoms with Gasteiger partial charge in [0.25, 0.3) is 0 Å². The minimum Gasteiger partial charge on any atom is -0.423 e. The number of aromatic nitrogens is 4. The largest absolute Gasteiger partial charge is 0.423 e. The first-order valence-electron chi connectivity index (χ1n) is 8.25. The molecule has 0 radical (unpaired) electrons. The van der Waals surface area contributed by atoms with E-state index in [2.05, 4.69) is 20.8 Å². The predicted octanol–water partition coefficient (Wildman–Crippen LogP) is 2.32. The third-order valence-electron chi connectivity index (χ3n) is 3.88. The van der Waals surface area contributed by atoms with Gasteiger partial charge in [0.2, 0.25) is 0 Å². The number of nitrogens with one attached hydrogen (secondary N) is 1. The number of para-hydroxylation sites is 1. The van der Waals surface area contributed by atoms with Gasteiger partial charge in [-0.3, -0.25) is 0 Å². The van der Waals surface area contributed by atoms with Crippen molar-refractivity contribution < 1.29 is 9.84 Å². The van der Waals surface area contributed by atoms with Crippen LogP contribution in [0, 0.1) is 0 Å². The van der Waals surface area contributed by atoms with Crippen LogP contribution in [0.25, 0.3) is 5.69 Å². The number of hydrogen-bond donors (Lipinski definition) is 2. The maximum atomic E-state index is 9.21. The molecule has 2 N–H and O–H groups in total. The fourth-order valence-corrected chi connectivity index (χ4v) is 2.35. The summed E-state index contributed by atoms with van der Waals surface area (Å²) in [6.45, 7) is 2.88. The Labute approximate surface area is 146 Å². The van der Waals surface area contributed by atoms with Crippen molar-refractivity contribution >= 4 is 0 Å². The highest BCUT2D eigenvalue weighted by atomic mass is 16.5. The van der Waals surface area contributed by atoms with Crippen molar-refractivity contribution in [2.24, 2.45) is 0 Å². The van der Waals surface area contributed by atoms with E-state index >= 15 is 0 Å². The average Bonchev–Trinajstić information content (AvgIpc) is 3.13. The van der Waals surface area contributed by atoms with Crippen molar-refractivity contribution in [3.05, 3.63) is 60.2 Å². The first-order chi connectivity index (χ1) is 12.3. The van der Waals surface area contributed by atoms with E-state index in [0.29, 0.717) is 18.3 Å². The van der Waals surface area contributed by atoms with Crippen LogP contribution in [0.1, 0.15) is 18.9 Å². The summed E-state index contributed by atoms with van der Waals surface area (Å²) < 4.78 is 7.34. The van der Waals surface area contributed by atoms with Gasteiger partial charge in [-0.15, -0.1) is 0 Å². The summed E-state index contributed by atoms with van der Waals surface area (Å²) in [6.07, 6.45) is 0.889. The Morgan fingerprint density at radius 2 is 1.88 bits per heavy atom. The van der Waals surface area contributed by atoms with Crippen molar-refractivity contribution in [2.45, 2.75) is 25.9 Å². The van der Waals surface area contributed by atoms with Gasteiger partial charge in [-0.1, -0.05) is 42.4 Å². The van der Waals surface area contributed by atoms with Gasteiger partial charge < -0.3 is 15.2 Å². The maximum absolute atomic E-state index is 9.21. The van der Waals surface area contributed by atoms with Crippen LogP contribution >= 0.6 is 0 Å². The fraction of sp³-hybridized carbons (Fsp3) is 0.278. The van der Waals surface area contributed by atoms with Gasteiger partial charge in [0.05, 0.1) is 12.3 Å². The summed E-state index contributed by atoms with van der Waals surface area (Å²) in [4.78, 5) is 0. The quantitative estimate of drug-likeness (QED) is 0.655. The molecule has 0 aliphatic carbocycles. The lowest BCUT2D eigenvalue weighted by Crippen LogP contribution is -2.31. The molecule has 7 heteroatoms. The number of hydrogen-bond acceptors (Lipinski definition) is 6. The molecular formula is C18H21N5O2. The number of tetrazole rings is 1.